The van der Waals surface area contributed by atoms with Gasteiger partial charge in [0.15, 0.2) is 0 Å². The molecule has 2 amide bonds. The monoisotopic (exact) mass is 427 g/mol. The van der Waals surface area contributed by atoms with Crippen LogP contribution >= 0.6 is 11.8 Å². The van der Waals surface area contributed by atoms with E-state index in [-0.39, 0.29) is 24.1 Å². The summed E-state index contributed by atoms with van der Waals surface area (Å²) in [6.07, 6.45) is 1.92. The first-order valence-electron chi connectivity index (χ1n) is 9.72. The molecule has 3 aromatic rings. The van der Waals surface area contributed by atoms with Gasteiger partial charge in [0.2, 0.25) is 11.8 Å². The quantitative estimate of drug-likeness (QED) is 0.613. The Bertz CT molecular complexity index is 1060. The van der Waals surface area contributed by atoms with E-state index in [2.05, 4.69) is 5.32 Å². The highest BCUT2D eigenvalue weighted by Gasteiger charge is 2.19. The topological polar surface area (TPSA) is 63.6 Å². The number of hydrogen-bond donors (Lipinski definition) is 1. The number of halogens is 1. The molecule has 0 aliphatic carbocycles. The van der Waals surface area contributed by atoms with Gasteiger partial charge in [0.25, 0.3) is 0 Å². The molecule has 0 saturated carbocycles. The molecule has 2 aromatic carbocycles. The van der Waals surface area contributed by atoms with Gasteiger partial charge in [0, 0.05) is 40.8 Å². The molecular formula is C22H22FN3O3S. The Kier molecular flexibility index (Phi) is 6.35. The summed E-state index contributed by atoms with van der Waals surface area (Å²) in [7, 11) is 0. The fraction of sp³-hybridized carbons (Fsp3) is 0.273. The van der Waals surface area contributed by atoms with Gasteiger partial charge in [0.05, 0.1) is 19.0 Å². The highest BCUT2D eigenvalue weighted by molar-refractivity contribution is 8.00. The van der Waals surface area contributed by atoms with Gasteiger partial charge < -0.3 is 19.5 Å². The molecule has 1 fully saturated rings. The van der Waals surface area contributed by atoms with Crippen molar-refractivity contribution in [3.63, 3.8) is 0 Å². The maximum absolute atomic E-state index is 13.3. The van der Waals surface area contributed by atoms with Crippen LogP contribution in [0.25, 0.3) is 10.9 Å². The Morgan fingerprint density at radius 1 is 1.10 bits per heavy atom. The summed E-state index contributed by atoms with van der Waals surface area (Å²) in [5, 5.41) is 3.70. The number of nitrogens with zero attached hydrogens (tertiary/aromatic N) is 2. The Morgan fingerprint density at radius 3 is 2.70 bits per heavy atom. The average Bonchev–Trinajstić information content (AvgIpc) is 3.10. The van der Waals surface area contributed by atoms with E-state index in [1.807, 2.05) is 39.9 Å². The van der Waals surface area contributed by atoms with Crippen LogP contribution in [0, 0.1) is 5.82 Å². The zero-order valence-electron chi connectivity index (χ0n) is 16.3. The molecule has 0 spiro atoms. The van der Waals surface area contributed by atoms with Gasteiger partial charge in [-0.3, -0.25) is 9.59 Å². The molecule has 1 N–H and O–H groups in total. The van der Waals surface area contributed by atoms with Crippen molar-refractivity contribution in [1.29, 1.82) is 0 Å². The van der Waals surface area contributed by atoms with Gasteiger partial charge in [-0.2, -0.15) is 0 Å². The Morgan fingerprint density at radius 2 is 1.90 bits per heavy atom. The minimum Gasteiger partial charge on any atom is -0.378 e. The highest BCUT2D eigenvalue weighted by Crippen LogP contribution is 2.30. The highest BCUT2D eigenvalue weighted by atomic mass is 32.2. The fourth-order valence-corrected chi connectivity index (χ4v) is 4.31. The van der Waals surface area contributed by atoms with Gasteiger partial charge in [-0.15, -0.1) is 11.8 Å². The molecule has 156 valence electrons. The van der Waals surface area contributed by atoms with Gasteiger partial charge in [0.1, 0.15) is 12.4 Å². The maximum atomic E-state index is 13.3. The smallest absolute Gasteiger partial charge is 0.242 e. The second-order valence-corrected chi connectivity index (χ2v) is 8.00. The number of aromatic nitrogens is 1. The molecule has 0 atom stereocenters. The summed E-state index contributed by atoms with van der Waals surface area (Å²) < 4.78 is 20.5. The lowest BCUT2D eigenvalue weighted by atomic mass is 10.2. The van der Waals surface area contributed by atoms with Crippen molar-refractivity contribution in [3.8, 4) is 0 Å². The first kappa shape index (κ1) is 20.4. The average molecular weight is 428 g/mol. The van der Waals surface area contributed by atoms with Crippen molar-refractivity contribution in [2.45, 2.75) is 11.4 Å². The number of fused-ring (bicyclic) bond motifs is 1. The maximum Gasteiger partial charge on any atom is 0.242 e. The van der Waals surface area contributed by atoms with Crippen LogP contribution < -0.4 is 5.32 Å². The zero-order chi connectivity index (χ0) is 20.9. The predicted octanol–water partition coefficient (Wildman–Crippen LogP) is 3.37. The number of rotatable bonds is 6. The Hall–Kier alpha value is -2.84. The van der Waals surface area contributed by atoms with Crippen molar-refractivity contribution in [1.82, 2.24) is 9.47 Å². The standard InChI is InChI=1S/C22H22FN3O3S/c23-16-4-3-5-17(12-16)24-21(27)15-30-20-13-26(19-7-2-1-6-18(19)20)14-22(28)25-8-10-29-11-9-25/h1-7,12-13H,8-11,14-15H2,(H,24,27). The van der Waals surface area contributed by atoms with E-state index in [0.29, 0.717) is 32.0 Å². The minimum atomic E-state index is -0.395. The van der Waals surface area contributed by atoms with E-state index in [9.17, 15) is 14.0 Å². The van der Waals surface area contributed by atoms with Crippen LogP contribution in [0.1, 0.15) is 0 Å². The summed E-state index contributed by atoms with van der Waals surface area (Å²) in [6, 6.07) is 13.6. The minimum absolute atomic E-state index is 0.0550. The molecule has 30 heavy (non-hydrogen) atoms. The summed E-state index contributed by atoms with van der Waals surface area (Å²) in [5.41, 5.74) is 1.38. The molecule has 8 heteroatoms. The van der Waals surface area contributed by atoms with Crippen LogP contribution in [0.2, 0.25) is 0 Å². The molecule has 4 rings (SSSR count). The Balaban J connectivity index is 1.45. The number of para-hydroxylation sites is 1. The molecule has 1 aliphatic rings. The van der Waals surface area contributed by atoms with Crippen LogP contribution in [0.3, 0.4) is 0 Å². The molecule has 2 heterocycles. The van der Waals surface area contributed by atoms with E-state index in [1.54, 1.807) is 12.1 Å². The number of carbonyl (C=O) groups excluding carboxylic acids is 2. The van der Waals surface area contributed by atoms with E-state index in [0.717, 1.165) is 15.8 Å². The first-order chi connectivity index (χ1) is 14.6. The summed E-state index contributed by atoms with van der Waals surface area (Å²) >= 11 is 1.39. The number of amides is 2. The lowest BCUT2D eigenvalue weighted by molar-refractivity contribution is -0.135. The molecule has 0 bridgehead atoms. The van der Waals surface area contributed by atoms with Crippen LogP contribution in [-0.4, -0.2) is 53.3 Å². The summed E-state index contributed by atoms with van der Waals surface area (Å²) in [4.78, 5) is 27.7. The van der Waals surface area contributed by atoms with Gasteiger partial charge >= 0.3 is 0 Å². The van der Waals surface area contributed by atoms with E-state index < -0.39 is 5.82 Å². The van der Waals surface area contributed by atoms with Gasteiger partial charge in [-0.1, -0.05) is 24.3 Å². The first-order valence-corrected chi connectivity index (χ1v) is 10.7. The number of morpholine rings is 1. The molecule has 1 aliphatic heterocycles. The normalized spacial score (nSPS) is 14.1. The lowest BCUT2D eigenvalue weighted by Gasteiger charge is -2.27. The molecule has 1 aromatic heterocycles. The van der Waals surface area contributed by atoms with Crippen LogP contribution in [0.15, 0.2) is 59.6 Å². The van der Waals surface area contributed by atoms with Gasteiger partial charge in [-0.25, -0.2) is 4.39 Å². The number of benzene rings is 2. The summed E-state index contributed by atoms with van der Waals surface area (Å²) in [5.74, 6) is -0.373. The molecule has 1 saturated heterocycles. The fourth-order valence-electron chi connectivity index (χ4n) is 3.42. The second-order valence-electron chi connectivity index (χ2n) is 6.98. The van der Waals surface area contributed by atoms with Crippen molar-refractivity contribution < 1.29 is 18.7 Å². The number of hydrogen-bond acceptors (Lipinski definition) is 4. The lowest BCUT2D eigenvalue weighted by Crippen LogP contribution is -2.42. The Labute approximate surface area is 178 Å². The van der Waals surface area contributed by atoms with Crippen molar-refractivity contribution in [2.75, 3.05) is 37.4 Å². The zero-order valence-corrected chi connectivity index (χ0v) is 17.2. The van der Waals surface area contributed by atoms with E-state index in [1.165, 1.54) is 23.9 Å². The SMILES string of the molecule is O=C(CSc1cn(CC(=O)N2CCOCC2)c2ccccc12)Nc1cccc(F)c1. The van der Waals surface area contributed by atoms with E-state index >= 15 is 0 Å². The molecule has 6 nitrogen and oxygen atoms in total. The number of ether oxygens (including phenoxy) is 1. The van der Waals surface area contributed by atoms with Crippen LogP contribution in [-0.2, 0) is 20.9 Å². The third kappa shape index (κ3) is 4.83. The third-order valence-corrected chi connectivity index (χ3v) is 5.93. The van der Waals surface area contributed by atoms with E-state index in [4.69, 9.17) is 4.74 Å². The van der Waals surface area contributed by atoms with Crippen molar-refractivity contribution in [3.05, 3.63) is 60.5 Å². The van der Waals surface area contributed by atoms with Gasteiger partial charge in [-0.05, 0) is 24.3 Å². The predicted molar refractivity (Wildman–Crippen MR) is 115 cm³/mol. The number of anilines is 1. The second kappa shape index (κ2) is 9.32. The largest absolute Gasteiger partial charge is 0.378 e. The number of thioether (sulfide) groups is 1. The molecule has 0 unspecified atom stereocenters. The molecule has 0 radical (unpaired) electrons. The third-order valence-electron chi connectivity index (χ3n) is 4.89. The number of nitrogens with one attached hydrogen (secondary N) is 1. The summed E-state index contributed by atoms with van der Waals surface area (Å²) in [6.45, 7) is 2.61. The van der Waals surface area contributed by atoms with Crippen molar-refractivity contribution in [2.24, 2.45) is 0 Å². The molecular weight excluding hydrogens is 405 g/mol. The van der Waals surface area contributed by atoms with Crippen LogP contribution in [0.4, 0.5) is 10.1 Å². The number of carbonyl (C=O) groups is 2. The van der Waals surface area contributed by atoms with Crippen LogP contribution in [0.5, 0.6) is 0 Å². The van der Waals surface area contributed by atoms with Crippen molar-refractivity contribution >= 4 is 40.2 Å².